The molecule has 3 aromatic rings. The van der Waals surface area contributed by atoms with Crippen LogP contribution < -0.4 is 4.90 Å². The first-order valence-electron chi connectivity index (χ1n) is 7.15. The molecule has 0 N–H and O–H groups in total. The largest absolute Gasteiger partial charge is 0.419 e. The molecule has 0 fully saturated rings. The third-order valence-electron chi connectivity index (χ3n) is 3.37. The second-order valence-corrected chi connectivity index (χ2v) is 6.00. The van der Waals surface area contributed by atoms with Gasteiger partial charge in [-0.05, 0) is 12.1 Å². The summed E-state index contributed by atoms with van der Waals surface area (Å²) in [4.78, 5) is 25.1. The summed E-state index contributed by atoms with van der Waals surface area (Å²) in [5, 5.41) is 1.79. The zero-order valence-electron chi connectivity index (χ0n) is 13.2. The molecule has 3 rings (SSSR count). The number of amides is 1. The van der Waals surface area contributed by atoms with E-state index in [0.29, 0.717) is 11.8 Å². The average molecular weight is 382 g/mol. The van der Waals surface area contributed by atoms with Gasteiger partial charge in [-0.15, -0.1) is 11.3 Å². The molecule has 0 aliphatic heterocycles. The lowest BCUT2D eigenvalue weighted by Gasteiger charge is -2.16. The number of aromatic nitrogens is 3. The van der Waals surface area contributed by atoms with E-state index in [2.05, 4.69) is 15.0 Å². The molecule has 134 valence electrons. The van der Waals surface area contributed by atoms with Crippen LogP contribution in [0.15, 0.2) is 42.3 Å². The second-order valence-electron chi connectivity index (χ2n) is 5.16. The fourth-order valence-electron chi connectivity index (χ4n) is 2.24. The zero-order valence-corrected chi connectivity index (χ0v) is 14.0. The Bertz CT molecular complexity index is 943. The Hall–Kier alpha value is -2.88. The van der Waals surface area contributed by atoms with Gasteiger partial charge in [0.05, 0.1) is 29.3 Å². The van der Waals surface area contributed by atoms with Crippen molar-refractivity contribution in [3.63, 3.8) is 0 Å². The Kier molecular flexibility index (Phi) is 4.68. The van der Waals surface area contributed by atoms with Crippen LogP contribution in [0, 0.1) is 5.82 Å². The van der Waals surface area contributed by atoms with Crippen molar-refractivity contribution in [1.29, 1.82) is 0 Å². The summed E-state index contributed by atoms with van der Waals surface area (Å²) < 4.78 is 51.7. The molecule has 0 radical (unpaired) electrons. The molecular formula is C16H10F4N4OS. The molecule has 0 bridgehead atoms. The molecule has 2 aromatic heterocycles. The van der Waals surface area contributed by atoms with Crippen molar-refractivity contribution in [3.8, 4) is 11.3 Å². The topological polar surface area (TPSA) is 59.0 Å². The van der Waals surface area contributed by atoms with E-state index >= 15 is 0 Å². The second kappa shape index (κ2) is 6.79. The maximum atomic E-state index is 13.8. The summed E-state index contributed by atoms with van der Waals surface area (Å²) in [6, 6.07) is 2.57. The van der Waals surface area contributed by atoms with Gasteiger partial charge in [0.25, 0.3) is 0 Å². The quantitative estimate of drug-likeness (QED) is 0.629. The van der Waals surface area contributed by atoms with E-state index in [1.807, 2.05) is 0 Å². The van der Waals surface area contributed by atoms with Gasteiger partial charge >= 0.3 is 6.18 Å². The van der Waals surface area contributed by atoms with E-state index in [0.717, 1.165) is 23.5 Å². The minimum atomic E-state index is -4.77. The normalized spacial score (nSPS) is 11.4. The fourth-order valence-corrected chi connectivity index (χ4v) is 3.13. The van der Waals surface area contributed by atoms with Crippen LogP contribution >= 0.6 is 11.3 Å². The minimum Gasteiger partial charge on any atom is -0.274 e. The monoisotopic (exact) mass is 382 g/mol. The van der Waals surface area contributed by atoms with Gasteiger partial charge in [0.15, 0.2) is 5.13 Å². The number of hydrogen-bond donors (Lipinski definition) is 0. The van der Waals surface area contributed by atoms with E-state index < -0.39 is 17.6 Å². The third-order valence-corrected chi connectivity index (χ3v) is 4.20. The van der Waals surface area contributed by atoms with E-state index in [4.69, 9.17) is 0 Å². The number of halogens is 4. The van der Waals surface area contributed by atoms with Crippen LogP contribution in [-0.4, -0.2) is 20.9 Å². The molecule has 26 heavy (non-hydrogen) atoms. The maximum absolute atomic E-state index is 13.8. The van der Waals surface area contributed by atoms with Gasteiger partial charge in [-0.2, -0.15) is 13.2 Å². The van der Waals surface area contributed by atoms with Gasteiger partial charge < -0.3 is 0 Å². The van der Waals surface area contributed by atoms with Gasteiger partial charge in [0.1, 0.15) is 12.1 Å². The van der Waals surface area contributed by atoms with Gasteiger partial charge in [-0.3, -0.25) is 9.69 Å². The van der Waals surface area contributed by atoms with E-state index in [-0.39, 0.29) is 22.3 Å². The number of nitrogens with zero attached hydrogens (tertiary/aromatic N) is 4. The number of carbonyl (C=O) groups excluding carboxylic acids is 1. The molecule has 0 aliphatic carbocycles. The molecule has 0 aliphatic rings. The Morgan fingerprint density at radius 3 is 2.46 bits per heavy atom. The summed E-state index contributed by atoms with van der Waals surface area (Å²) in [7, 11) is 0. The molecule has 1 amide bonds. The van der Waals surface area contributed by atoms with Crippen LogP contribution in [0.2, 0.25) is 0 Å². The number of hydrogen-bond acceptors (Lipinski definition) is 5. The van der Waals surface area contributed by atoms with E-state index in [1.54, 1.807) is 0 Å². The zero-order chi connectivity index (χ0) is 18.9. The molecular weight excluding hydrogens is 372 g/mol. The van der Waals surface area contributed by atoms with Crippen LogP contribution in [0.1, 0.15) is 12.5 Å². The van der Waals surface area contributed by atoms with Crippen LogP contribution in [0.25, 0.3) is 11.3 Å². The smallest absolute Gasteiger partial charge is 0.274 e. The third kappa shape index (κ3) is 3.54. The van der Waals surface area contributed by atoms with Gasteiger partial charge in [0, 0.05) is 17.9 Å². The standard InChI is InChI=1S/C16H10F4N4OS/c1-9(25)24(11-5-21-8-22-6-11)15-23-14(7-26-15)10-2-3-12(13(17)4-10)16(18,19)20/h2-8H,1H3. The number of benzene rings is 1. The first kappa shape index (κ1) is 17.9. The molecule has 0 atom stereocenters. The lowest BCUT2D eigenvalue weighted by Crippen LogP contribution is -2.22. The Labute approximate surface area is 149 Å². The highest BCUT2D eigenvalue weighted by Gasteiger charge is 2.34. The fraction of sp³-hybridized carbons (Fsp3) is 0.125. The van der Waals surface area contributed by atoms with Crippen LogP contribution in [0.5, 0.6) is 0 Å². The van der Waals surface area contributed by atoms with Crippen molar-refractivity contribution in [1.82, 2.24) is 15.0 Å². The molecule has 0 spiro atoms. The molecule has 10 heteroatoms. The number of rotatable bonds is 3. The number of anilines is 2. The van der Waals surface area contributed by atoms with Crippen LogP contribution in [0.4, 0.5) is 28.4 Å². The number of carbonyl (C=O) groups is 1. The van der Waals surface area contributed by atoms with E-state index in [9.17, 15) is 22.4 Å². The predicted octanol–water partition coefficient (Wildman–Crippen LogP) is 4.44. The maximum Gasteiger partial charge on any atom is 0.419 e. The van der Waals surface area contributed by atoms with Crippen molar-refractivity contribution in [3.05, 3.63) is 53.7 Å². The molecule has 0 saturated carbocycles. The molecule has 1 aromatic carbocycles. The van der Waals surface area contributed by atoms with Gasteiger partial charge in [-0.1, -0.05) is 6.07 Å². The Morgan fingerprint density at radius 2 is 1.88 bits per heavy atom. The number of thiazole rings is 1. The average Bonchev–Trinajstić information content (AvgIpc) is 3.04. The lowest BCUT2D eigenvalue weighted by molar-refractivity contribution is -0.140. The molecule has 2 heterocycles. The Morgan fingerprint density at radius 1 is 1.19 bits per heavy atom. The predicted molar refractivity (Wildman–Crippen MR) is 87.4 cm³/mol. The van der Waals surface area contributed by atoms with Crippen molar-refractivity contribution >= 4 is 28.1 Å². The minimum absolute atomic E-state index is 0.172. The summed E-state index contributed by atoms with van der Waals surface area (Å²) >= 11 is 1.09. The first-order valence-corrected chi connectivity index (χ1v) is 8.03. The summed E-state index contributed by atoms with van der Waals surface area (Å²) in [5.41, 5.74) is -0.533. The van der Waals surface area contributed by atoms with Gasteiger partial charge in [0.2, 0.25) is 5.91 Å². The van der Waals surface area contributed by atoms with Crippen molar-refractivity contribution in [2.75, 3.05) is 4.90 Å². The number of alkyl halides is 3. The van der Waals surface area contributed by atoms with Crippen molar-refractivity contribution in [2.24, 2.45) is 0 Å². The molecule has 5 nitrogen and oxygen atoms in total. The van der Waals surface area contributed by atoms with Crippen molar-refractivity contribution in [2.45, 2.75) is 13.1 Å². The highest BCUT2D eigenvalue weighted by molar-refractivity contribution is 7.14. The highest BCUT2D eigenvalue weighted by atomic mass is 32.1. The van der Waals surface area contributed by atoms with Crippen LogP contribution in [-0.2, 0) is 11.0 Å². The molecule has 0 unspecified atom stereocenters. The van der Waals surface area contributed by atoms with Gasteiger partial charge in [-0.25, -0.2) is 19.3 Å². The first-order chi connectivity index (χ1) is 12.3. The Balaban J connectivity index is 1.97. The van der Waals surface area contributed by atoms with Crippen molar-refractivity contribution < 1.29 is 22.4 Å². The molecule has 0 saturated heterocycles. The van der Waals surface area contributed by atoms with E-state index in [1.165, 1.54) is 35.9 Å². The van der Waals surface area contributed by atoms with Crippen LogP contribution in [0.3, 0.4) is 0 Å². The summed E-state index contributed by atoms with van der Waals surface area (Å²) in [6.07, 6.45) is -0.616. The highest BCUT2D eigenvalue weighted by Crippen LogP contribution is 2.35. The summed E-state index contributed by atoms with van der Waals surface area (Å²) in [6.45, 7) is 1.33. The lowest BCUT2D eigenvalue weighted by atomic mass is 10.1. The summed E-state index contributed by atoms with van der Waals surface area (Å²) in [5.74, 6) is -1.73. The SMILES string of the molecule is CC(=O)N(c1cncnc1)c1nc(-c2ccc(C(F)(F)F)c(F)c2)cs1.